The molecule has 0 unspecified atom stereocenters. The maximum atomic E-state index is 13.3. The van der Waals surface area contributed by atoms with E-state index in [0.717, 1.165) is 13.0 Å². The Morgan fingerprint density at radius 3 is 2.94 bits per heavy atom. The SMILES string of the molecule is OCCOCCCNCc1cc(Cl)ccc1F. The monoisotopic (exact) mass is 261 g/mol. The second kappa shape index (κ2) is 8.42. The van der Waals surface area contributed by atoms with Crippen LogP contribution < -0.4 is 5.32 Å². The van der Waals surface area contributed by atoms with Gasteiger partial charge < -0.3 is 15.2 Å². The van der Waals surface area contributed by atoms with Crippen LogP contribution in [0.4, 0.5) is 4.39 Å². The summed E-state index contributed by atoms with van der Waals surface area (Å²) in [5.41, 5.74) is 0.564. The Hall–Kier alpha value is -0.680. The molecule has 17 heavy (non-hydrogen) atoms. The molecule has 0 aliphatic rings. The molecule has 0 amide bonds. The van der Waals surface area contributed by atoms with Gasteiger partial charge in [0.05, 0.1) is 13.2 Å². The second-order valence-corrected chi connectivity index (χ2v) is 4.04. The molecule has 0 bridgehead atoms. The average Bonchev–Trinajstić information content (AvgIpc) is 2.32. The molecular weight excluding hydrogens is 245 g/mol. The van der Waals surface area contributed by atoms with E-state index < -0.39 is 0 Å². The average molecular weight is 262 g/mol. The fraction of sp³-hybridized carbons (Fsp3) is 0.500. The van der Waals surface area contributed by atoms with E-state index in [9.17, 15) is 4.39 Å². The van der Waals surface area contributed by atoms with E-state index in [0.29, 0.717) is 30.3 Å². The normalized spacial score (nSPS) is 10.8. The second-order valence-electron chi connectivity index (χ2n) is 3.60. The van der Waals surface area contributed by atoms with Gasteiger partial charge in [-0.1, -0.05) is 11.6 Å². The Morgan fingerprint density at radius 2 is 2.18 bits per heavy atom. The van der Waals surface area contributed by atoms with Crippen LogP contribution in [0.5, 0.6) is 0 Å². The standard InChI is InChI=1S/C12H17ClFNO2/c13-11-2-3-12(14)10(8-11)9-15-4-1-6-17-7-5-16/h2-3,8,15-16H,1,4-7,9H2. The zero-order chi connectivity index (χ0) is 12.5. The molecule has 96 valence electrons. The Labute approximate surface area is 106 Å². The smallest absolute Gasteiger partial charge is 0.127 e. The van der Waals surface area contributed by atoms with E-state index in [1.165, 1.54) is 12.1 Å². The fourth-order valence-electron chi connectivity index (χ4n) is 1.37. The predicted octanol–water partition coefficient (Wildman–Crippen LogP) is 1.97. The van der Waals surface area contributed by atoms with E-state index in [4.69, 9.17) is 21.4 Å². The van der Waals surface area contributed by atoms with Gasteiger partial charge in [0.15, 0.2) is 0 Å². The summed E-state index contributed by atoms with van der Waals surface area (Å²) in [6.07, 6.45) is 0.822. The van der Waals surface area contributed by atoms with E-state index in [-0.39, 0.29) is 12.4 Å². The molecule has 2 N–H and O–H groups in total. The minimum atomic E-state index is -0.251. The number of aliphatic hydroxyl groups is 1. The molecule has 0 heterocycles. The Bertz CT molecular complexity index is 336. The zero-order valence-corrected chi connectivity index (χ0v) is 10.3. The van der Waals surface area contributed by atoms with Crippen LogP contribution in [0.2, 0.25) is 5.02 Å². The van der Waals surface area contributed by atoms with Gasteiger partial charge >= 0.3 is 0 Å². The van der Waals surface area contributed by atoms with Crippen molar-refractivity contribution in [3.8, 4) is 0 Å². The number of nitrogens with one attached hydrogen (secondary N) is 1. The molecule has 0 aliphatic heterocycles. The molecule has 0 radical (unpaired) electrons. The summed E-state index contributed by atoms with van der Waals surface area (Å²) >= 11 is 5.78. The zero-order valence-electron chi connectivity index (χ0n) is 9.59. The van der Waals surface area contributed by atoms with Crippen LogP contribution in [0.25, 0.3) is 0 Å². The molecule has 3 nitrogen and oxygen atoms in total. The van der Waals surface area contributed by atoms with Crippen molar-refractivity contribution in [1.29, 1.82) is 0 Å². The van der Waals surface area contributed by atoms with Crippen LogP contribution in [-0.4, -0.2) is 31.5 Å². The number of ether oxygens (including phenoxy) is 1. The maximum absolute atomic E-state index is 13.3. The third-order valence-corrected chi connectivity index (χ3v) is 2.44. The number of benzene rings is 1. The topological polar surface area (TPSA) is 41.5 Å². The first-order valence-electron chi connectivity index (χ1n) is 5.57. The van der Waals surface area contributed by atoms with E-state index in [2.05, 4.69) is 5.32 Å². The summed E-state index contributed by atoms with van der Waals surface area (Å²) in [7, 11) is 0. The van der Waals surface area contributed by atoms with Gasteiger partial charge in [-0.15, -0.1) is 0 Å². The van der Waals surface area contributed by atoms with Gasteiger partial charge in [0.25, 0.3) is 0 Å². The van der Waals surface area contributed by atoms with Crippen LogP contribution in [-0.2, 0) is 11.3 Å². The lowest BCUT2D eigenvalue weighted by Crippen LogP contribution is -2.17. The van der Waals surface area contributed by atoms with Crippen molar-refractivity contribution < 1.29 is 14.2 Å². The number of hydrogen-bond acceptors (Lipinski definition) is 3. The molecule has 1 aromatic carbocycles. The molecule has 1 aromatic rings. The van der Waals surface area contributed by atoms with Gasteiger partial charge in [0.2, 0.25) is 0 Å². The number of aliphatic hydroxyl groups excluding tert-OH is 1. The molecule has 0 spiro atoms. The minimum Gasteiger partial charge on any atom is -0.394 e. The van der Waals surface area contributed by atoms with Crippen molar-refractivity contribution >= 4 is 11.6 Å². The quantitative estimate of drug-likeness (QED) is 0.703. The number of halogens is 2. The summed E-state index contributed by atoms with van der Waals surface area (Å²) < 4.78 is 18.4. The lowest BCUT2D eigenvalue weighted by atomic mass is 10.2. The van der Waals surface area contributed by atoms with Gasteiger partial charge in [0, 0.05) is 23.7 Å². The molecule has 0 saturated heterocycles. The molecule has 0 aromatic heterocycles. The Morgan fingerprint density at radius 1 is 1.35 bits per heavy atom. The molecule has 0 saturated carbocycles. The highest BCUT2D eigenvalue weighted by molar-refractivity contribution is 6.30. The Kier molecular flexibility index (Phi) is 7.12. The van der Waals surface area contributed by atoms with Gasteiger partial charge in [-0.2, -0.15) is 0 Å². The first-order valence-corrected chi connectivity index (χ1v) is 5.95. The Balaban J connectivity index is 2.15. The van der Waals surface area contributed by atoms with Crippen molar-refractivity contribution in [2.75, 3.05) is 26.4 Å². The predicted molar refractivity (Wildman–Crippen MR) is 65.6 cm³/mol. The van der Waals surface area contributed by atoms with E-state index in [1.54, 1.807) is 6.07 Å². The third-order valence-electron chi connectivity index (χ3n) is 2.20. The first-order chi connectivity index (χ1) is 8.24. The van der Waals surface area contributed by atoms with Crippen molar-refractivity contribution in [2.24, 2.45) is 0 Å². The first kappa shape index (κ1) is 14.4. The number of rotatable bonds is 8. The summed E-state index contributed by atoms with van der Waals surface area (Å²) in [6, 6.07) is 4.51. The molecule has 0 fully saturated rings. The third kappa shape index (κ3) is 5.98. The molecule has 0 aliphatic carbocycles. The van der Waals surface area contributed by atoms with Crippen LogP contribution in [0, 0.1) is 5.82 Å². The van der Waals surface area contributed by atoms with Crippen LogP contribution in [0.1, 0.15) is 12.0 Å². The number of hydrogen-bond donors (Lipinski definition) is 2. The van der Waals surface area contributed by atoms with Crippen LogP contribution >= 0.6 is 11.6 Å². The van der Waals surface area contributed by atoms with Crippen LogP contribution in [0.3, 0.4) is 0 Å². The molecule has 5 heteroatoms. The highest BCUT2D eigenvalue weighted by Crippen LogP contribution is 2.14. The molecule has 1 rings (SSSR count). The lowest BCUT2D eigenvalue weighted by Gasteiger charge is -2.06. The fourth-order valence-corrected chi connectivity index (χ4v) is 1.56. The van der Waals surface area contributed by atoms with Crippen molar-refractivity contribution in [3.63, 3.8) is 0 Å². The highest BCUT2D eigenvalue weighted by atomic mass is 35.5. The summed E-state index contributed by atoms with van der Waals surface area (Å²) in [5.74, 6) is -0.251. The molecule has 0 atom stereocenters. The van der Waals surface area contributed by atoms with Gasteiger partial charge in [-0.05, 0) is 31.2 Å². The van der Waals surface area contributed by atoms with E-state index >= 15 is 0 Å². The lowest BCUT2D eigenvalue weighted by molar-refractivity contribution is 0.0907. The maximum Gasteiger partial charge on any atom is 0.127 e. The van der Waals surface area contributed by atoms with Gasteiger partial charge in [0.1, 0.15) is 5.82 Å². The minimum absolute atomic E-state index is 0.0428. The van der Waals surface area contributed by atoms with Gasteiger partial charge in [-0.25, -0.2) is 4.39 Å². The molecular formula is C12H17ClFNO2. The summed E-state index contributed by atoms with van der Waals surface area (Å²) in [6.45, 7) is 2.18. The van der Waals surface area contributed by atoms with Crippen molar-refractivity contribution in [3.05, 3.63) is 34.6 Å². The van der Waals surface area contributed by atoms with Crippen molar-refractivity contribution in [1.82, 2.24) is 5.32 Å². The summed E-state index contributed by atoms with van der Waals surface area (Å²) in [5, 5.41) is 12.1. The van der Waals surface area contributed by atoms with Crippen LogP contribution in [0.15, 0.2) is 18.2 Å². The van der Waals surface area contributed by atoms with Crippen molar-refractivity contribution in [2.45, 2.75) is 13.0 Å². The largest absolute Gasteiger partial charge is 0.394 e. The van der Waals surface area contributed by atoms with Gasteiger partial charge in [-0.3, -0.25) is 0 Å². The van der Waals surface area contributed by atoms with E-state index in [1.807, 2.05) is 0 Å². The summed E-state index contributed by atoms with van der Waals surface area (Å²) in [4.78, 5) is 0. The highest BCUT2D eigenvalue weighted by Gasteiger charge is 2.01.